The van der Waals surface area contributed by atoms with Gasteiger partial charge in [0.15, 0.2) is 0 Å². The molecule has 0 amide bonds. The van der Waals surface area contributed by atoms with E-state index in [1.807, 2.05) is 25.2 Å². The summed E-state index contributed by atoms with van der Waals surface area (Å²) in [4.78, 5) is 0. The molecular weight excluding hydrogens is 224 g/mol. The zero-order valence-corrected chi connectivity index (χ0v) is 10.6. The Kier molecular flexibility index (Phi) is 5.60. The Balaban J connectivity index is 2.83. The molecule has 4 heteroatoms. The van der Waals surface area contributed by atoms with E-state index in [1.165, 1.54) is 0 Å². The van der Waals surface area contributed by atoms with Crippen molar-refractivity contribution in [2.24, 2.45) is 5.73 Å². The summed E-state index contributed by atoms with van der Waals surface area (Å²) >= 11 is 6.21. The largest absolute Gasteiger partial charge is 0.497 e. The number of hydrogen-bond donors (Lipinski definition) is 2. The van der Waals surface area contributed by atoms with E-state index in [0.717, 1.165) is 29.2 Å². The predicted molar refractivity (Wildman–Crippen MR) is 68.1 cm³/mol. The molecular formula is C12H19ClN2O. The summed E-state index contributed by atoms with van der Waals surface area (Å²) in [5.41, 5.74) is 6.61. The Morgan fingerprint density at radius 1 is 1.50 bits per heavy atom. The van der Waals surface area contributed by atoms with Gasteiger partial charge in [-0.2, -0.15) is 0 Å². The van der Waals surface area contributed by atoms with E-state index < -0.39 is 0 Å². The number of nitrogens with one attached hydrogen (secondary N) is 1. The predicted octanol–water partition coefficient (Wildman–Crippen LogP) is 2.35. The minimum Gasteiger partial charge on any atom is -0.497 e. The van der Waals surface area contributed by atoms with E-state index in [-0.39, 0.29) is 6.04 Å². The molecule has 0 saturated heterocycles. The normalized spacial score (nSPS) is 12.5. The molecule has 16 heavy (non-hydrogen) atoms. The minimum absolute atomic E-state index is 0.252. The molecule has 3 N–H and O–H groups in total. The van der Waals surface area contributed by atoms with Crippen LogP contribution in [0, 0.1) is 0 Å². The third-order valence-corrected chi connectivity index (χ3v) is 2.96. The fourth-order valence-corrected chi connectivity index (χ4v) is 2.00. The number of hydrogen-bond acceptors (Lipinski definition) is 3. The highest BCUT2D eigenvalue weighted by Gasteiger charge is 2.12. The molecule has 1 rings (SSSR count). The molecule has 0 heterocycles. The molecule has 3 nitrogen and oxygen atoms in total. The maximum absolute atomic E-state index is 6.21. The van der Waals surface area contributed by atoms with E-state index in [1.54, 1.807) is 7.11 Å². The number of methoxy groups -OCH3 is 1. The topological polar surface area (TPSA) is 47.3 Å². The highest BCUT2D eigenvalue weighted by molar-refractivity contribution is 6.31. The van der Waals surface area contributed by atoms with Gasteiger partial charge in [0.2, 0.25) is 0 Å². The molecule has 0 saturated carbocycles. The van der Waals surface area contributed by atoms with Gasteiger partial charge in [-0.25, -0.2) is 0 Å². The van der Waals surface area contributed by atoms with Gasteiger partial charge in [0.25, 0.3) is 0 Å². The lowest BCUT2D eigenvalue weighted by molar-refractivity contribution is 0.414. The lowest BCUT2D eigenvalue weighted by Gasteiger charge is -2.18. The summed E-state index contributed by atoms with van der Waals surface area (Å²) in [7, 11) is 3.57. The molecule has 0 fully saturated rings. The van der Waals surface area contributed by atoms with E-state index in [4.69, 9.17) is 22.1 Å². The first-order valence-corrected chi connectivity index (χ1v) is 5.81. The van der Waals surface area contributed by atoms with Crippen LogP contribution in [0.4, 0.5) is 0 Å². The summed E-state index contributed by atoms with van der Waals surface area (Å²) < 4.78 is 5.12. The molecule has 1 atom stereocenters. The van der Waals surface area contributed by atoms with Crippen molar-refractivity contribution in [2.45, 2.75) is 18.9 Å². The van der Waals surface area contributed by atoms with Crippen molar-refractivity contribution >= 4 is 11.6 Å². The highest BCUT2D eigenvalue weighted by Crippen LogP contribution is 2.29. The summed E-state index contributed by atoms with van der Waals surface area (Å²) in [6.07, 6.45) is 1.97. The van der Waals surface area contributed by atoms with E-state index in [0.29, 0.717) is 6.54 Å². The van der Waals surface area contributed by atoms with E-state index in [9.17, 15) is 0 Å². The van der Waals surface area contributed by atoms with Crippen LogP contribution in [0.15, 0.2) is 18.2 Å². The second kappa shape index (κ2) is 6.74. The van der Waals surface area contributed by atoms with Crippen molar-refractivity contribution in [2.75, 3.05) is 20.7 Å². The lowest BCUT2D eigenvalue weighted by atomic mass is 10.0. The molecule has 0 radical (unpaired) electrons. The van der Waals surface area contributed by atoms with Crippen LogP contribution in [0.25, 0.3) is 0 Å². The monoisotopic (exact) mass is 242 g/mol. The fourth-order valence-electron chi connectivity index (χ4n) is 1.69. The van der Waals surface area contributed by atoms with Gasteiger partial charge in [-0.05, 0) is 44.1 Å². The molecule has 0 bridgehead atoms. The Bertz CT molecular complexity index is 331. The molecule has 1 aromatic carbocycles. The van der Waals surface area contributed by atoms with Gasteiger partial charge in [0.05, 0.1) is 7.11 Å². The lowest BCUT2D eigenvalue weighted by Crippen LogP contribution is -2.18. The second-order valence-electron chi connectivity index (χ2n) is 3.66. The van der Waals surface area contributed by atoms with Gasteiger partial charge in [0.1, 0.15) is 5.75 Å². The Labute approximate surface area is 102 Å². The number of nitrogens with two attached hydrogens (primary N) is 1. The van der Waals surface area contributed by atoms with Crippen molar-refractivity contribution in [3.05, 3.63) is 28.8 Å². The average Bonchev–Trinajstić information content (AvgIpc) is 2.31. The first kappa shape index (κ1) is 13.3. The Morgan fingerprint density at radius 2 is 2.25 bits per heavy atom. The number of ether oxygens (including phenoxy) is 1. The second-order valence-corrected chi connectivity index (χ2v) is 4.07. The molecule has 0 aliphatic heterocycles. The van der Waals surface area contributed by atoms with Crippen LogP contribution in [0.1, 0.15) is 24.4 Å². The summed E-state index contributed by atoms with van der Waals surface area (Å²) in [6.45, 7) is 0.700. The van der Waals surface area contributed by atoms with Gasteiger partial charge in [-0.1, -0.05) is 17.7 Å². The SMILES string of the molecule is CNC(CCCN)c1ccc(OC)cc1Cl. The summed E-state index contributed by atoms with van der Waals surface area (Å²) in [5, 5.41) is 3.98. The third kappa shape index (κ3) is 3.37. The first-order valence-electron chi connectivity index (χ1n) is 5.43. The molecule has 0 aliphatic carbocycles. The fraction of sp³-hybridized carbons (Fsp3) is 0.500. The van der Waals surface area contributed by atoms with Crippen LogP contribution in [-0.4, -0.2) is 20.7 Å². The molecule has 1 aromatic rings. The van der Waals surface area contributed by atoms with Gasteiger partial charge >= 0.3 is 0 Å². The maximum atomic E-state index is 6.21. The standard InChI is InChI=1S/C12H19ClN2O/c1-15-12(4-3-7-14)10-6-5-9(16-2)8-11(10)13/h5-6,8,12,15H,3-4,7,14H2,1-2H3. The number of rotatable bonds is 6. The van der Waals surface area contributed by atoms with Gasteiger partial charge in [-0.3, -0.25) is 0 Å². The third-order valence-electron chi connectivity index (χ3n) is 2.63. The molecule has 0 spiro atoms. The average molecular weight is 243 g/mol. The van der Waals surface area contributed by atoms with Gasteiger partial charge in [0, 0.05) is 11.1 Å². The van der Waals surface area contributed by atoms with Crippen LogP contribution in [0.2, 0.25) is 5.02 Å². The van der Waals surface area contributed by atoms with Crippen LogP contribution in [0.3, 0.4) is 0 Å². The number of halogens is 1. The smallest absolute Gasteiger partial charge is 0.120 e. The Hall–Kier alpha value is -0.770. The van der Waals surface area contributed by atoms with Crippen LogP contribution in [0.5, 0.6) is 5.75 Å². The van der Waals surface area contributed by atoms with Gasteiger partial charge < -0.3 is 15.8 Å². The summed E-state index contributed by atoms with van der Waals surface area (Å²) in [5.74, 6) is 0.780. The van der Waals surface area contributed by atoms with Crippen molar-refractivity contribution < 1.29 is 4.74 Å². The van der Waals surface area contributed by atoms with Crippen molar-refractivity contribution in [3.63, 3.8) is 0 Å². The maximum Gasteiger partial charge on any atom is 0.120 e. The molecule has 90 valence electrons. The zero-order valence-electron chi connectivity index (χ0n) is 9.79. The Morgan fingerprint density at radius 3 is 2.75 bits per heavy atom. The van der Waals surface area contributed by atoms with E-state index in [2.05, 4.69) is 5.32 Å². The van der Waals surface area contributed by atoms with Crippen molar-refractivity contribution in [3.8, 4) is 5.75 Å². The molecule has 0 aliphatic rings. The van der Waals surface area contributed by atoms with Gasteiger partial charge in [-0.15, -0.1) is 0 Å². The molecule has 1 unspecified atom stereocenters. The van der Waals surface area contributed by atoms with Crippen LogP contribution in [-0.2, 0) is 0 Å². The van der Waals surface area contributed by atoms with Crippen LogP contribution >= 0.6 is 11.6 Å². The quantitative estimate of drug-likeness (QED) is 0.805. The zero-order chi connectivity index (χ0) is 12.0. The first-order chi connectivity index (χ1) is 7.72. The van der Waals surface area contributed by atoms with E-state index >= 15 is 0 Å². The summed E-state index contributed by atoms with van der Waals surface area (Å²) in [6, 6.07) is 6.01. The van der Waals surface area contributed by atoms with Crippen LogP contribution < -0.4 is 15.8 Å². The van der Waals surface area contributed by atoms with Crippen molar-refractivity contribution in [1.82, 2.24) is 5.32 Å². The molecule has 0 aromatic heterocycles. The minimum atomic E-state index is 0.252. The number of benzene rings is 1. The highest BCUT2D eigenvalue weighted by atomic mass is 35.5. The van der Waals surface area contributed by atoms with Crippen molar-refractivity contribution in [1.29, 1.82) is 0 Å².